The highest BCUT2D eigenvalue weighted by molar-refractivity contribution is 7.99. The number of phenolic OH excluding ortho intramolecular Hbond substituents is 1. The summed E-state index contributed by atoms with van der Waals surface area (Å²) in [6, 6.07) is 5.63. The van der Waals surface area contributed by atoms with E-state index in [2.05, 4.69) is 20.3 Å². The maximum atomic E-state index is 14.3. The summed E-state index contributed by atoms with van der Waals surface area (Å²) in [5, 5.41) is 14.0. The van der Waals surface area contributed by atoms with Crippen molar-refractivity contribution in [2.24, 2.45) is 7.05 Å². The molecule has 2 aromatic heterocycles. The van der Waals surface area contributed by atoms with Crippen LogP contribution in [0.3, 0.4) is 0 Å². The molecule has 8 nitrogen and oxygen atoms in total. The van der Waals surface area contributed by atoms with E-state index in [1.807, 2.05) is 17.8 Å². The van der Waals surface area contributed by atoms with Gasteiger partial charge in [0, 0.05) is 37.0 Å². The summed E-state index contributed by atoms with van der Waals surface area (Å²) in [4.78, 5) is 12.7. The number of aryl methyl sites for hydroxylation is 1. The molecular formula is C20H17ClFN5O3S. The summed E-state index contributed by atoms with van der Waals surface area (Å²) in [5.74, 6) is 0.730. The van der Waals surface area contributed by atoms with Crippen LogP contribution in [0.5, 0.6) is 17.2 Å². The van der Waals surface area contributed by atoms with Crippen molar-refractivity contribution >= 4 is 45.8 Å². The Balaban J connectivity index is 1.62. The average Bonchev–Trinajstić information content (AvgIpc) is 3.16. The lowest BCUT2D eigenvalue weighted by Gasteiger charge is -2.14. The van der Waals surface area contributed by atoms with Gasteiger partial charge in [-0.25, -0.2) is 19.3 Å². The van der Waals surface area contributed by atoms with Crippen LogP contribution in [0.1, 0.15) is 0 Å². The lowest BCUT2D eigenvalue weighted by atomic mass is 10.2. The van der Waals surface area contributed by atoms with E-state index in [4.69, 9.17) is 21.1 Å². The van der Waals surface area contributed by atoms with Crippen LogP contribution in [0.2, 0.25) is 5.02 Å². The third kappa shape index (κ3) is 4.44. The summed E-state index contributed by atoms with van der Waals surface area (Å²) in [7, 11) is 3.42. The molecule has 0 unspecified atom stereocenters. The average molecular weight is 462 g/mol. The summed E-state index contributed by atoms with van der Waals surface area (Å²) >= 11 is 7.18. The van der Waals surface area contributed by atoms with Crippen LogP contribution in [-0.2, 0) is 7.05 Å². The number of aromatic hydroxyl groups is 1. The van der Waals surface area contributed by atoms with Crippen LogP contribution in [0.15, 0.2) is 48.1 Å². The number of fused-ring (bicyclic) bond motifs is 1. The van der Waals surface area contributed by atoms with Crippen molar-refractivity contribution in [1.29, 1.82) is 0 Å². The quantitative estimate of drug-likeness (QED) is 0.301. The van der Waals surface area contributed by atoms with E-state index in [9.17, 15) is 9.50 Å². The standard InChI is InChI=1S/C20H17ClFN5O3S/c1-27-4-3-23-20(27)31-10-30-18-8-14-11(5-17(18)29-2)19(25-9-24-14)26-15-7-16(28)12(21)6-13(15)22/h3-9,28H,10H2,1-2H3,(H,24,25,26). The van der Waals surface area contributed by atoms with E-state index in [1.54, 1.807) is 18.3 Å². The second-order valence-corrected chi connectivity index (χ2v) is 7.67. The number of rotatable bonds is 7. The van der Waals surface area contributed by atoms with E-state index in [0.29, 0.717) is 34.2 Å². The Hall–Kier alpha value is -3.24. The van der Waals surface area contributed by atoms with E-state index >= 15 is 0 Å². The van der Waals surface area contributed by atoms with Gasteiger partial charge in [-0.05, 0) is 23.9 Å². The second kappa shape index (κ2) is 8.86. The highest BCUT2D eigenvalue weighted by Crippen LogP contribution is 2.37. The van der Waals surface area contributed by atoms with Crippen molar-refractivity contribution < 1.29 is 19.0 Å². The summed E-state index contributed by atoms with van der Waals surface area (Å²) in [6.45, 7) is 0. The maximum absolute atomic E-state index is 14.3. The fourth-order valence-corrected chi connectivity index (χ4v) is 3.68. The zero-order valence-corrected chi connectivity index (χ0v) is 18.0. The number of imidazole rings is 1. The topological polar surface area (TPSA) is 94.3 Å². The second-order valence-electron chi connectivity index (χ2n) is 6.38. The molecule has 0 saturated heterocycles. The molecule has 31 heavy (non-hydrogen) atoms. The Morgan fingerprint density at radius 3 is 2.77 bits per heavy atom. The molecule has 0 aliphatic carbocycles. The first kappa shape index (κ1) is 21.0. The Labute approximate surface area is 186 Å². The van der Waals surface area contributed by atoms with Gasteiger partial charge in [0.1, 0.15) is 29.7 Å². The van der Waals surface area contributed by atoms with Crippen LogP contribution in [0.25, 0.3) is 10.9 Å². The molecule has 0 radical (unpaired) electrons. The Morgan fingerprint density at radius 1 is 1.19 bits per heavy atom. The zero-order valence-electron chi connectivity index (χ0n) is 16.5. The molecule has 0 bridgehead atoms. The first-order valence-corrected chi connectivity index (χ1v) is 10.3. The predicted molar refractivity (Wildman–Crippen MR) is 117 cm³/mol. The summed E-state index contributed by atoms with van der Waals surface area (Å²) in [6.07, 6.45) is 4.92. The Morgan fingerprint density at radius 2 is 2.03 bits per heavy atom. The minimum absolute atomic E-state index is 0.0210. The fraction of sp³-hybridized carbons (Fsp3) is 0.150. The van der Waals surface area contributed by atoms with Crippen LogP contribution in [-0.4, -0.2) is 37.7 Å². The van der Waals surface area contributed by atoms with E-state index in [1.165, 1.54) is 31.3 Å². The number of phenols is 1. The third-order valence-electron chi connectivity index (χ3n) is 4.39. The normalized spacial score (nSPS) is 11.0. The van der Waals surface area contributed by atoms with Crippen LogP contribution < -0.4 is 14.8 Å². The molecule has 2 aromatic carbocycles. The van der Waals surface area contributed by atoms with Crippen molar-refractivity contribution in [3.8, 4) is 17.2 Å². The number of benzene rings is 2. The van der Waals surface area contributed by atoms with E-state index in [0.717, 1.165) is 11.2 Å². The molecule has 0 spiro atoms. The Kier molecular flexibility index (Phi) is 6.01. The van der Waals surface area contributed by atoms with Crippen molar-refractivity contribution in [3.63, 3.8) is 0 Å². The van der Waals surface area contributed by atoms with Crippen molar-refractivity contribution in [1.82, 2.24) is 19.5 Å². The van der Waals surface area contributed by atoms with Gasteiger partial charge in [-0.2, -0.15) is 0 Å². The number of aromatic nitrogens is 4. The highest BCUT2D eigenvalue weighted by Gasteiger charge is 2.15. The van der Waals surface area contributed by atoms with Gasteiger partial charge in [0.05, 0.1) is 23.3 Å². The first-order chi connectivity index (χ1) is 15.0. The van der Waals surface area contributed by atoms with E-state index < -0.39 is 5.82 Å². The van der Waals surface area contributed by atoms with Gasteiger partial charge in [0.25, 0.3) is 0 Å². The number of methoxy groups -OCH3 is 1. The fourth-order valence-electron chi connectivity index (χ4n) is 2.83. The number of nitrogens with zero attached hydrogens (tertiary/aromatic N) is 4. The number of ether oxygens (including phenoxy) is 2. The number of hydrogen-bond acceptors (Lipinski definition) is 8. The van der Waals surface area contributed by atoms with Gasteiger partial charge in [-0.1, -0.05) is 11.6 Å². The van der Waals surface area contributed by atoms with Gasteiger partial charge in [-0.15, -0.1) is 0 Å². The zero-order chi connectivity index (χ0) is 22.0. The molecule has 0 atom stereocenters. The first-order valence-electron chi connectivity index (χ1n) is 8.97. The minimum atomic E-state index is -0.632. The van der Waals surface area contributed by atoms with Crippen LogP contribution in [0, 0.1) is 5.82 Å². The van der Waals surface area contributed by atoms with Crippen molar-refractivity contribution in [3.05, 3.63) is 53.8 Å². The third-order valence-corrected chi connectivity index (χ3v) is 5.58. The highest BCUT2D eigenvalue weighted by atomic mass is 35.5. The molecule has 4 rings (SSSR count). The maximum Gasteiger partial charge on any atom is 0.170 e. The molecule has 2 heterocycles. The lowest BCUT2D eigenvalue weighted by Crippen LogP contribution is -2.01. The van der Waals surface area contributed by atoms with Crippen LogP contribution in [0.4, 0.5) is 15.9 Å². The summed E-state index contributed by atoms with van der Waals surface area (Å²) < 4.78 is 27.5. The molecule has 0 fully saturated rings. The number of hydrogen-bond donors (Lipinski definition) is 2. The molecule has 2 N–H and O–H groups in total. The van der Waals surface area contributed by atoms with E-state index in [-0.39, 0.29) is 16.5 Å². The molecule has 4 aromatic rings. The van der Waals surface area contributed by atoms with Gasteiger partial charge in [0.15, 0.2) is 16.7 Å². The monoisotopic (exact) mass is 461 g/mol. The van der Waals surface area contributed by atoms with Gasteiger partial charge in [0.2, 0.25) is 0 Å². The molecule has 0 saturated carbocycles. The largest absolute Gasteiger partial charge is 0.506 e. The minimum Gasteiger partial charge on any atom is -0.506 e. The van der Waals surface area contributed by atoms with Gasteiger partial charge in [-0.3, -0.25) is 0 Å². The number of halogens is 2. The molecule has 0 aliphatic rings. The molecule has 160 valence electrons. The predicted octanol–water partition coefficient (Wildman–Crippen LogP) is 4.74. The van der Waals surface area contributed by atoms with Gasteiger partial charge < -0.3 is 24.5 Å². The SMILES string of the molecule is COc1cc2c(Nc3cc(O)c(Cl)cc3F)ncnc2cc1OCSc1nccn1C. The lowest BCUT2D eigenvalue weighted by molar-refractivity contribution is 0.344. The Bertz CT molecular complexity index is 1250. The van der Waals surface area contributed by atoms with Crippen LogP contribution >= 0.6 is 23.4 Å². The smallest absolute Gasteiger partial charge is 0.170 e. The molecule has 0 amide bonds. The molecule has 0 aliphatic heterocycles. The van der Waals surface area contributed by atoms with Crippen molar-refractivity contribution in [2.45, 2.75) is 5.16 Å². The summed E-state index contributed by atoms with van der Waals surface area (Å²) in [5.41, 5.74) is 0.585. The molecule has 11 heteroatoms. The van der Waals surface area contributed by atoms with Gasteiger partial charge >= 0.3 is 0 Å². The number of thioether (sulfide) groups is 1. The van der Waals surface area contributed by atoms with Crippen molar-refractivity contribution in [2.75, 3.05) is 18.4 Å². The number of nitrogens with one attached hydrogen (secondary N) is 1. The number of anilines is 2. The molecular weight excluding hydrogens is 445 g/mol.